The predicted octanol–water partition coefficient (Wildman–Crippen LogP) is 5.49. The largest absolute Gasteiger partial charge is 0.293 e. The van der Waals surface area contributed by atoms with Gasteiger partial charge in [-0.1, -0.05) is 72.9 Å². The summed E-state index contributed by atoms with van der Waals surface area (Å²) in [6.07, 6.45) is 0.992. The van der Waals surface area contributed by atoms with E-state index in [1.165, 1.54) is 11.1 Å². The van der Waals surface area contributed by atoms with E-state index in [0.29, 0.717) is 0 Å². The van der Waals surface area contributed by atoms with Crippen molar-refractivity contribution in [2.24, 2.45) is 4.99 Å². The quantitative estimate of drug-likeness (QED) is 0.689. The number of hydrogen-bond acceptors (Lipinski definition) is 4. The summed E-state index contributed by atoms with van der Waals surface area (Å²) in [6, 6.07) is 16.1. The van der Waals surface area contributed by atoms with Crippen molar-refractivity contribution >= 4 is 39.4 Å². The number of Topliss-reactive ketones (excluding diaryl/α,β-unsaturated/α-hetero) is 1. The van der Waals surface area contributed by atoms with Crippen molar-refractivity contribution in [2.45, 2.75) is 31.3 Å². The number of aliphatic imine (C=N–C) groups is 1. The Balaban J connectivity index is 1.70. The van der Waals surface area contributed by atoms with Crippen LogP contribution in [-0.4, -0.2) is 15.4 Å². The summed E-state index contributed by atoms with van der Waals surface area (Å²) in [5, 5.41) is -0.126. The minimum Gasteiger partial charge on any atom is -0.293 e. The van der Waals surface area contributed by atoms with Crippen molar-refractivity contribution < 1.29 is 4.79 Å². The summed E-state index contributed by atoms with van der Waals surface area (Å²) >= 11 is 3.27. The molecule has 0 fully saturated rings. The fraction of sp³-hybridized carbons (Fsp3) is 0.263. The van der Waals surface area contributed by atoms with Crippen molar-refractivity contribution in [2.75, 3.05) is 0 Å². The van der Waals surface area contributed by atoms with E-state index in [9.17, 15) is 4.79 Å². The summed E-state index contributed by atoms with van der Waals surface area (Å²) in [7, 11) is 0. The van der Waals surface area contributed by atoms with E-state index in [0.717, 1.165) is 27.8 Å². The molecule has 1 atom stereocenters. The number of hydrogen-bond donors (Lipinski definition) is 0. The lowest BCUT2D eigenvalue weighted by molar-refractivity contribution is 0.0994. The molecule has 4 heteroatoms. The van der Waals surface area contributed by atoms with Crippen molar-refractivity contribution in [1.29, 1.82) is 0 Å². The summed E-state index contributed by atoms with van der Waals surface area (Å²) in [5.41, 5.74) is 4.33. The van der Waals surface area contributed by atoms with Crippen molar-refractivity contribution in [1.82, 2.24) is 0 Å². The Morgan fingerprint density at radius 2 is 1.96 bits per heavy atom. The standard InChI is InChI=1S/C19H19NOS2/c1-3-14-8-10-15(11-9-14)18(21)13(2)23-19-20-17-7-5-4-6-16(17)12-22-19/h4-11,13H,3,12H2,1-2H3/t13-/m1/s1. The third-order valence-corrected chi connectivity index (χ3v) is 6.14. The summed E-state index contributed by atoms with van der Waals surface area (Å²) < 4.78 is 0.981. The highest BCUT2D eigenvalue weighted by Crippen LogP contribution is 2.36. The van der Waals surface area contributed by atoms with Crippen LogP contribution in [-0.2, 0) is 12.2 Å². The molecule has 0 N–H and O–H groups in total. The van der Waals surface area contributed by atoms with E-state index in [2.05, 4.69) is 18.0 Å². The van der Waals surface area contributed by atoms with Gasteiger partial charge in [-0.3, -0.25) is 4.79 Å². The zero-order valence-corrected chi connectivity index (χ0v) is 14.9. The van der Waals surface area contributed by atoms with Gasteiger partial charge in [0.25, 0.3) is 0 Å². The zero-order chi connectivity index (χ0) is 16.2. The molecule has 23 heavy (non-hydrogen) atoms. The molecular weight excluding hydrogens is 322 g/mol. The molecule has 0 saturated heterocycles. The van der Waals surface area contributed by atoms with Crippen LogP contribution in [0, 0.1) is 0 Å². The number of ketones is 1. The van der Waals surface area contributed by atoms with Crippen LogP contribution in [0.15, 0.2) is 53.5 Å². The second-order valence-electron chi connectivity index (χ2n) is 5.47. The first-order valence-corrected chi connectivity index (χ1v) is 9.63. The molecule has 0 aliphatic carbocycles. The maximum absolute atomic E-state index is 12.6. The van der Waals surface area contributed by atoms with Gasteiger partial charge in [-0.2, -0.15) is 0 Å². The number of carbonyl (C=O) groups excluding carboxylic acids is 1. The average Bonchev–Trinajstić information content (AvgIpc) is 2.61. The van der Waals surface area contributed by atoms with E-state index in [-0.39, 0.29) is 11.0 Å². The van der Waals surface area contributed by atoms with Crippen molar-refractivity contribution in [3.8, 4) is 0 Å². The number of nitrogens with zero attached hydrogens (tertiary/aromatic N) is 1. The molecule has 1 aliphatic heterocycles. The first-order valence-electron chi connectivity index (χ1n) is 7.76. The highest BCUT2D eigenvalue weighted by Gasteiger charge is 2.21. The van der Waals surface area contributed by atoms with Gasteiger partial charge in [0.1, 0.15) is 4.38 Å². The first kappa shape index (κ1) is 16.3. The molecule has 118 valence electrons. The number of benzene rings is 2. The molecule has 0 unspecified atom stereocenters. The molecule has 1 heterocycles. The molecule has 0 amide bonds. The number of para-hydroxylation sites is 1. The number of aryl methyl sites for hydroxylation is 1. The fourth-order valence-corrected chi connectivity index (χ4v) is 4.68. The Bertz CT molecular complexity index is 737. The average molecular weight is 342 g/mol. The van der Waals surface area contributed by atoms with E-state index in [1.54, 1.807) is 23.5 Å². The van der Waals surface area contributed by atoms with Crippen LogP contribution in [0.3, 0.4) is 0 Å². The van der Waals surface area contributed by atoms with E-state index in [1.807, 2.05) is 49.4 Å². The van der Waals surface area contributed by atoms with E-state index < -0.39 is 0 Å². The van der Waals surface area contributed by atoms with Crippen LogP contribution in [0.1, 0.15) is 35.3 Å². The zero-order valence-electron chi connectivity index (χ0n) is 13.3. The summed E-state index contributed by atoms with van der Waals surface area (Å²) in [4.78, 5) is 17.3. The molecule has 2 aromatic carbocycles. The number of fused-ring (bicyclic) bond motifs is 1. The lowest BCUT2D eigenvalue weighted by Gasteiger charge is -2.17. The van der Waals surface area contributed by atoms with Gasteiger partial charge in [0.2, 0.25) is 0 Å². The number of thioether (sulfide) groups is 2. The van der Waals surface area contributed by atoms with Gasteiger partial charge < -0.3 is 0 Å². The Kier molecular flexibility index (Phi) is 5.23. The van der Waals surface area contributed by atoms with Crippen molar-refractivity contribution in [3.63, 3.8) is 0 Å². The summed E-state index contributed by atoms with van der Waals surface area (Å²) in [5.74, 6) is 1.09. The van der Waals surface area contributed by atoms with Gasteiger partial charge in [0, 0.05) is 11.3 Å². The second-order valence-corrected chi connectivity index (χ2v) is 8.02. The van der Waals surface area contributed by atoms with Crippen LogP contribution >= 0.6 is 23.5 Å². The van der Waals surface area contributed by atoms with E-state index in [4.69, 9.17) is 0 Å². The second kappa shape index (κ2) is 7.37. The molecule has 0 radical (unpaired) electrons. The molecule has 2 nitrogen and oxygen atoms in total. The molecule has 3 rings (SSSR count). The highest BCUT2D eigenvalue weighted by atomic mass is 32.2. The highest BCUT2D eigenvalue weighted by molar-refractivity contribution is 8.39. The molecule has 2 aromatic rings. The molecule has 0 aromatic heterocycles. The summed E-state index contributed by atoms with van der Waals surface area (Å²) in [6.45, 7) is 4.08. The maximum Gasteiger partial charge on any atom is 0.175 e. The number of rotatable bonds is 4. The molecule has 1 aliphatic rings. The van der Waals surface area contributed by atoms with Gasteiger partial charge in [-0.15, -0.1) is 0 Å². The van der Waals surface area contributed by atoms with Gasteiger partial charge in [-0.05, 0) is 30.5 Å². The first-order chi connectivity index (χ1) is 11.2. The SMILES string of the molecule is CCc1ccc(C(=O)[C@@H](C)SC2=Nc3ccccc3CS2)cc1. The predicted molar refractivity (Wildman–Crippen MR) is 102 cm³/mol. The molecule has 0 spiro atoms. The van der Waals surface area contributed by atoms with Gasteiger partial charge in [-0.25, -0.2) is 4.99 Å². The van der Waals surface area contributed by atoms with E-state index >= 15 is 0 Å². The van der Waals surface area contributed by atoms with Crippen molar-refractivity contribution in [3.05, 3.63) is 65.2 Å². The Hall–Kier alpha value is -1.52. The van der Waals surface area contributed by atoms with Gasteiger partial charge >= 0.3 is 0 Å². The van der Waals surface area contributed by atoms with Crippen LogP contribution in [0.5, 0.6) is 0 Å². The molecule has 0 saturated carbocycles. The Morgan fingerprint density at radius 1 is 1.22 bits per heavy atom. The van der Waals surface area contributed by atoms with Gasteiger partial charge in [0.05, 0.1) is 10.9 Å². The number of carbonyl (C=O) groups is 1. The molecular formula is C19H19NOS2. The van der Waals surface area contributed by atoms with Crippen LogP contribution in [0.2, 0.25) is 0 Å². The van der Waals surface area contributed by atoms with Gasteiger partial charge in [0.15, 0.2) is 5.78 Å². The van der Waals surface area contributed by atoms with Crippen LogP contribution < -0.4 is 0 Å². The minimum absolute atomic E-state index is 0.126. The smallest absolute Gasteiger partial charge is 0.175 e. The van der Waals surface area contributed by atoms with Crippen LogP contribution in [0.4, 0.5) is 5.69 Å². The normalized spacial score (nSPS) is 14.8. The lowest BCUT2D eigenvalue weighted by Crippen LogP contribution is -2.15. The van der Waals surface area contributed by atoms with Crippen LogP contribution in [0.25, 0.3) is 0 Å². The Morgan fingerprint density at radius 3 is 2.70 bits per heavy atom. The monoisotopic (exact) mass is 341 g/mol. The third kappa shape index (κ3) is 3.88. The fourth-order valence-electron chi connectivity index (χ4n) is 2.42. The topological polar surface area (TPSA) is 29.4 Å². The third-order valence-electron chi connectivity index (χ3n) is 3.85. The lowest BCUT2D eigenvalue weighted by atomic mass is 10.1. The minimum atomic E-state index is -0.126. The Labute approximate surface area is 145 Å². The molecule has 0 bridgehead atoms. The maximum atomic E-state index is 12.6.